The van der Waals surface area contributed by atoms with Crippen LogP contribution in [0.3, 0.4) is 0 Å². The van der Waals surface area contributed by atoms with E-state index >= 15 is 0 Å². The highest BCUT2D eigenvalue weighted by atomic mass is 35.5. The Morgan fingerprint density at radius 2 is 2.45 bits per heavy atom. The lowest BCUT2D eigenvalue weighted by molar-refractivity contribution is 1.10. The Morgan fingerprint density at radius 1 is 1.73 bits per heavy atom. The number of halogens is 1. The van der Waals surface area contributed by atoms with Crippen LogP contribution in [0.25, 0.3) is 0 Å². The van der Waals surface area contributed by atoms with Crippen molar-refractivity contribution in [1.82, 2.24) is 4.98 Å². The van der Waals surface area contributed by atoms with Gasteiger partial charge in [0.25, 0.3) is 0 Å². The third kappa shape index (κ3) is 1.72. The first kappa shape index (κ1) is 8.10. The predicted octanol–water partition coefficient (Wildman–Crippen LogP) is 2.28. The average molecular weight is 166 g/mol. The summed E-state index contributed by atoms with van der Waals surface area (Å²) in [7, 11) is 0. The lowest BCUT2D eigenvalue weighted by Gasteiger charge is -1.97. The number of pyridine rings is 1. The molecule has 0 bridgehead atoms. The molecule has 1 heterocycles. The van der Waals surface area contributed by atoms with Crippen LogP contribution in [-0.2, 0) is 6.42 Å². The Hall–Kier alpha value is -1.00. The summed E-state index contributed by atoms with van der Waals surface area (Å²) in [4.78, 5) is 3.94. The van der Waals surface area contributed by atoms with Crippen LogP contribution in [0.1, 0.15) is 18.1 Å². The number of hydrogen-bond acceptors (Lipinski definition) is 1. The van der Waals surface area contributed by atoms with Crippen LogP contribution in [0.2, 0.25) is 5.15 Å². The van der Waals surface area contributed by atoms with Gasteiger partial charge in [-0.1, -0.05) is 24.4 Å². The van der Waals surface area contributed by atoms with Crippen LogP contribution >= 0.6 is 11.6 Å². The maximum atomic E-state index is 5.70. The molecule has 0 saturated heterocycles. The number of nitrogens with zero attached hydrogens (tertiary/aromatic N) is 1. The van der Waals surface area contributed by atoms with E-state index < -0.39 is 0 Å². The van der Waals surface area contributed by atoms with Gasteiger partial charge in [-0.2, -0.15) is 0 Å². The summed E-state index contributed by atoms with van der Waals surface area (Å²) < 4.78 is 0. The van der Waals surface area contributed by atoms with E-state index in [4.69, 9.17) is 18.0 Å². The second-order valence-corrected chi connectivity index (χ2v) is 2.54. The van der Waals surface area contributed by atoms with Gasteiger partial charge >= 0.3 is 0 Å². The number of terminal acetylenes is 1. The molecule has 0 aliphatic rings. The van der Waals surface area contributed by atoms with Crippen molar-refractivity contribution < 1.29 is 0 Å². The van der Waals surface area contributed by atoms with Crippen LogP contribution in [0.5, 0.6) is 0 Å². The number of aromatic nitrogens is 1. The van der Waals surface area contributed by atoms with Gasteiger partial charge in [-0.15, -0.1) is 6.42 Å². The molecule has 2 heteroatoms. The smallest absolute Gasteiger partial charge is 0.144 e. The van der Waals surface area contributed by atoms with Gasteiger partial charge < -0.3 is 0 Å². The molecule has 1 aromatic rings. The van der Waals surface area contributed by atoms with E-state index in [2.05, 4.69) is 10.9 Å². The molecule has 0 aromatic carbocycles. The molecule has 0 amide bonds. The van der Waals surface area contributed by atoms with E-state index in [9.17, 15) is 0 Å². The van der Waals surface area contributed by atoms with Crippen molar-refractivity contribution in [3.05, 3.63) is 28.5 Å². The molecule has 0 saturated carbocycles. The fraction of sp³-hybridized carbons (Fsp3) is 0.222. The number of hydrogen-bond donors (Lipinski definition) is 0. The predicted molar refractivity (Wildman–Crippen MR) is 46.6 cm³/mol. The molecule has 1 nitrogen and oxygen atoms in total. The summed E-state index contributed by atoms with van der Waals surface area (Å²) in [5.74, 6) is 2.48. The average Bonchev–Trinajstić information content (AvgIpc) is 2.05. The fourth-order valence-corrected chi connectivity index (χ4v) is 0.944. The highest BCUT2D eigenvalue weighted by Crippen LogP contribution is 2.12. The zero-order valence-corrected chi connectivity index (χ0v) is 7.02. The highest BCUT2D eigenvalue weighted by molar-refractivity contribution is 6.30. The second-order valence-electron chi connectivity index (χ2n) is 2.18. The first-order valence-electron chi connectivity index (χ1n) is 3.39. The Balaban J connectivity index is 3.15. The lowest BCUT2D eigenvalue weighted by atomic mass is 10.2. The Morgan fingerprint density at radius 3 is 3.00 bits per heavy atom. The number of rotatable bonds is 1. The second kappa shape index (κ2) is 3.41. The SMILES string of the molecule is C#Cc1cc(CC)cnc1Cl. The summed E-state index contributed by atoms with van der Waals surface area (Å²) in [5.41, 5.74) is 1.79. The Kier molecular flexibility index (Phi) is 2.51. The molecular weight excluding hydrogens is 158 g/mol. The van der Waals surface area contributed by atoms with Gasteiger partial charge in [0.1, 0.15) is 5.15 Å². The van der Waals surface area contributed by atoms with Crippen molar-refractivity contribution in [2.45, 2.75) is 13.3 Å². The van der Waals surface area contributed by atoms with Crippen molar-refractivity contribution in [3.63, 3.8) is 0 Å². The standard InChI is InChI=1S/C9H8ClN/c1-3-7-5-8(4-2)9(10)11-6-7/h2,5-6H,3H2,1H3. The first-order valence-corrected chi connectivity index (χ1v) is 3.76. The first-order chi connectivity index (χ1) is 5.27. The zero-order chi connectivity index (χ0) is 8.27. The molecule has 0 spiro atoms. The van der Waals surface area contributed by atoms with Gasteiger partial charge in [0.2, 0.25) is 0 Å². The molecule has 1 aromatic heterocycles. The van der Waals surface area contributed by atoms with Gasteiger partial charge in [0.05, 0.1) is 5.56 Å². The molecule has 0 aliphatic carbocycles. The molecule has 0 fully saturated rings. The van der Waals surface area contributed by atoms with E-state index in [1.54, 1.807) is 6.20 Å². The summed E-state index contributed by atoms with van der Waals surface area (Å²) in [6.45, 7) is 2.05. The maximum Gasteiger partial charge on any atom is 0.144 e. The van der Waals surface area contributed by atoms with Crippen molar-refractivity contribution in [1.29, 1.82) is 0 Å². The topological polar surface area (TPSA) is 12.9 Å². The third-order valence-electron chi connectivity index (χ3n) is 1.46. The highest BCUT2D eigenvalue weighted by Gasteiger charge is 1.98. The third-order valence-corrected chi connectivity index (χ3v) is 1.76. The van der Waals surface area contributed by atoms with Crippen LogP contribution in [-0.4, -0.2) is 4.98 Å². The van der Waals surface area contributed by atoms with E-state index in [0.29, 0.717) is 10.7 Å². The quantitative estimate of drug-likeness (QED) is 0.460. The van der Waals surface area contributed by atoms with Gasteiger partial charge in [-0.3, -0.25) is 0 Å². The minimum atomic E-state index is 0.407. The van der Waals surface area contributed by atoms with E-state index in [1.165, 1.54) is 0 Å². The van der Waals surface area contributed by atoms with Gasteiger partial charge in [0, 0.05) is 6.20 Å². The van der Waals surface area contributed by atoms with Crippen LogP contribution in [0, 0.1) is 12.3 Å². The Bertz CT molecular complexity index is 299. The molecule has 0 aliphatic heterocycles. The van der Waals surface area contributed by atoms with Gasteiger partial charge in [0.15, 0.2) is 0 Å². The molecule has 0 radical (unpaired) electrons. The molecule has 0 atom stereocenters. The van der Waals surface area contributed by atoms with Crippen LogP contribution < -0.4 is 0 Å². The van der Waals surface area contributed by atoms with Crippen LogP contribution in [0.4, 0.5) is 0 Å². The molecule has 0 unspecified atom stereocenters. The van der Waals surface area contributed by atoms with Crippen molar-refractivity contribution in [3.8, 4) is 12.3 Å². The minimum Gasteiger partial charge on any atom is -0.243 e. The van der Waals surface area contributed by atoms with E-state index in [0.717, 1.165) is 12.0 Å². The number of aryl methyl sites for hydroxylation is 1. The van der Waals surface area contributed by atoms with Crippen molar-refractivity contribution in [2.75, 3.05) is 0 Å². The van der Waals surface area contributed by atoms with Crippen molar-refractivity contribution in [2.24, 2.45) is 0 Å². The largest absolute Gasteiger partial charge is 0.243 e. The Labute approximate surface area is 71.4 Å². The van der Waals surface area contributed by atoms with E-state index in [1.807, 2.05) is 13.0 Å². The van der Waals surface area contributed by atoms with Gasteiger partial charge in [-0.05, 0) is 18.1 Å². The minimum absolute atomic E-state index is 0.407. The van der Waals surface area contributed by atoms with Crippen LogP contribution in [0.15, 0.2) is 12.3 Å². The molecule has 0 N–H and O–H groups in total. The summed E-state index contributed by atoms with van der Waals surface area (Å²) in [5, 5.41) is 0.407. The summed E-state index contributed by atoms with van der Waals surface area (Å²) in [6, 6.07) is 1.88. The fourth-order valence-electron chi connectivity index (χ4n) is 0.786. The summed E-state index contributed by atoms with van der Waals surface area (Å²) in [6.07, 6.45) is 7.87. The maximum absolute atomic E-state index is 5.70. The normalized spacial score (nSPS) is 9.18. The van der Waals surface area contributed by atoms with Gasteiger partial charge in [-0.25, -0.2) is 4.98 Å². The van der Waals surface area contributed by atoms with Crippen molar-refractivity contribution >= 4 is 11.6 Å². The monoisotopic (exact) mass is 165 g/mol. The zero-order valence-electron chi connectivity index (χ0n) is 6.26. The van der Waals surface area contributed by atoms with E-state index in [-0.39, 0.29) is 0 Å². The lowest BCUT2D eigenvalue weighted by Crippen LogP contribution is -1.87. The molecule has 1 rings (SSSR count). The molecular formula is C9H8ClN. The summed E-state index contributed by atoms with van der Waals surface area (Å²) >= 11 is 5.70. The molecule has 56 valence electrons. The molecule has 11 heavy (non-hydrogen) atoms.